The third-order valence-corrected chi connectivity index (χ3v) is 4.90. The summed E-state index contributed by atoms with van der Waals surface area (Å²) in [5.74, 6) is 0. The molecule has 3 aromatic rings. The molecule has 0 spiro atoms. The van der Waals surface area contributed by atoms with E-state index >= 15 is 0 Å². The van der Waals surface area contributed by atoms with Gasteiger partial charge in [0, 0.05) is 10.6 Å². The molecule has 120 valence electrons. The lowest BCUT2D eigenvalue weighted by molar-refractivity contribution is 0.554. The van der Waals surface area contributed by atoms with Crippen molar-refractivity contribution in [3.63, 3.8) is 0 Å². The molecule has 0 radical (unpaired) electrons. The minimum atomic E-state index is 0.0223. The predicted molar refractivity (Wildman–Crippen MR) is 98.8 cm³/mol. The summed E-state index contributed by atoms with van der Waals surface area (Å²) in [5, 5.41) is 8.22. The van der Waals surface area contributed by atoms with Crippen LogP contribution in [0.25, 0.3) is 0 Å². The van der Waals surface area contributed by atoms with E-state index in [4.69, 9.17) is 11.6 Å². The van der Waals surface area contributed by atoms with Crippen LogP contribution in [0.2, 0.25) is 5.02 Å². The first-order valence-corrected chi connectivity index (χ1v) is 8.57. The normalized spacial score (nSPS) is 23.3. The van der Waals surface area contributed by atoms with E-state index in [1.54, 1.807) is 0 Å². The lowest BCUT2D eigenvalue weighted by atomic mass is 9.95. The van der Waals surface area contributed by atoms with E-state index in [1.807, 2.05) is 18.2 Å². The van der Waals surface area contributed by atoms with Crippen LogP contribution >= 0.6 is 11.6 Å². The number of halogens is 1. The first-order valence-electron chi connectivity index (χ1n) is 8.19. The van der Waals surface area contributed by atoms with E-state index in [9.17, 15) is 0 Å². The molecule has 1 aliphatic heterocycles. The quantitative estimate of drug-likeness (QED) is 0.703. The Hall–Kier alpha value is -2.13. The third kappa shape index (κ3) is 2.96. The number of nitrogens with one attached hydrogen (secondary N) is 2. The molecule has 2 atom stereocenters. The maximum Gasteiger partial charge on any atom is 0.0860 e. The smallest absolute Gasteiger partial charge is 0.0860 e. The zero-order valence-corrected chi connectivity index (χ0v) is 13.9. The maximum absolute atomic E-state index is 6.41. The molecule has 3 heteroatoms. The fourth-order valence-corrected chi connectivity index (χ4v) is 3.63. The summed E-state index contributed by atoms with van der Waals surface area (Å²) in [5.41, 5.74) is 3.63. The minimum Gasteiger partial charge on any atom is -0.289 e. The molecule has 2 N–H and O–H groups in total. The van der Waals surface area contributed by atoms with Gasteiger partial charge < -0.3 is 0 Å². The molecule has 1 saturated heterocycles. The molecule has 2 unspecified atom stereocenters. The van der Waals surface area contributed by atoms with Gasteiger partial charge in [0.1, 0.15) is 0 Å². The second-order valence-corrected chi connectivity index (χ2v) is 6.47. The highest BCUT2D eigenvalue weighted by Gasteiger charge is 2.36. The van der Waals surface area contributed by atoms with E-state index in [2.05, 4.69) is 77.4 Å². The lowest BCUT2D eigenvalue weighted by Gasteiger charge is -2.19. The van der Waals surface area contributed by atoms with Gasteiger partial charge in [0.15, 0.2) is 0 Å². The van der Waals surface area contributed by atoms with Crippen LogP contribution in [0.3, 0.4) is 0 Å². The van der Waals surface area contributed by atoms with Gasteiger partial charge in [0.2, 0.25) is 0 Å². The molecule has 4 rings (SSSR count). The molecule has 2 nitrogen and oxygen atoms in total. The third-order valence-electron chi connectivity index (χ3n) is 4.56. The monoisotopic (exact) mass is 334 g/mol. The summed E-state index contributed by atoms with van der Waals surface area (Å²) in [6.45, 7) is 0. The average molecular weight is 335 g/mol. The molecule has 0 aromatic heterocycles. The average Bonchev–Trinajstić information content (AvgIpc) is 3.09. The van der Waals surface area contributed by atoms with Gasteiger partial charge in [0.25, 0.3) is 0 Å². The Morgan fingerprint density at radius 3 is 1.54 bits per heavy atom. The Labute approximate surface area is 147 Å². The van der Waals surface area contributed by atoms with E-state index < -0.39 is 0 Å². The second-order valence-electron chi connectivity index (χ2n) is 6.06. The van der Waals surface area contributed by atoms with Crippen molar-refractivity contribution in [1.29, 1.82) is 0 Å². The summed E-state index contributed by atoms with van der Waals surface area (Å²) >= 11 is 6.41. The number of benzene rings is 3. The zero-order valence-electron chi connectivity index (χ0n) is 13.2. The van der Waals surface area contributed by atoms with E-state index in [0.717, 1.165) is 10.6 Å². The van der Waals surface area contributed by atoms with Gasteiger partial charge in [-0.2, -0.15) is 0 Å². The van der Waals surface area contributed by atoms with E-state index in [0.29, 0.717) is 0 Å². The predicted octanol–water partition coefficient (Wildman–Crippen LogP) is 5.01. The molecule has 0 bridgehead atoms. The van der Waals surface area contributed by atoms with Crippen LogP contribution in [-0.4, -0.2) is 0 Å². The first-order chi connectivity index (χ1) is 11.8. The maximum atomic E-state index is 6.41. The first kappa shape index (κ1) is 15.4. The highest BCUT2D eigenvalue weighted by Crippen LogP contribution is 2.38. The number of rotatable bonds is 3. The van der Waals surface area contributed by atoms with Crippen molar-refractivity contribution in [3.8, 4) is 0 Å². The van der Waals surface area contributed by atoms with E-state index in [-0.39, 0.29) is 18.2 Å². The molecular formula is C21H19ClN2. The van der Waals surface area contributed by atoms with Gasteiger partial charge in [-0.3, -0.25) is 10.6 Å². The Morgan fingerprint density at radius 2 is 1.04 bits per heavy atom. The van der Waals surface area contributed by atoms with Crippen LogP contribution in [0.5, 0.6) is 0 Å². The highest BCUT2D eigenvalue weighted by molar-refractivity contribution is 6.31. The Morgan fingerprint density at radius 1 is 0.583 bits per heavy atom. The second kappa shape index (κ2) is 6.78. The van der Waals surface area contributed by atoms with Gasteiger partial charge in [0.05, 0.1) is 18.2 Å². The van der Waals surface area contributed by atoms with Gasteiger partial charge in [-0.05, 0) is 17.2 Å². The molecule has 24 heavy (non-hydrogen) atoms. The largest absolute Gasteiger partial charge is 0.289 e. The molecule has 1 aliphatic rings. The number of hydrogen-bond acceptors (Lipinski definition) is 2. The fourth-order valence-electron chi connectivity index (χ4n) is 3.39. The topological polar surface area (TPSA) is 24.1 Å². The Balaban J connectivity index is 1.72. The van der Waals surface area contributed by atoms with Crippen LogP contribution < -0.4 is 10.6 Å². The van der Waals surface area contributed by atoms with Crippen molar-refractivity contribution < 1.29 is 0 Å². The molecule has 3 aromatic carbocycles. The summed E-state index contributed by atoms with van der Waals surface area (Å²) in [7, 11) is 0. The van der Waals surface area contributed by atoms with Crippen molar-refractivity contribution in [1.82, 2.24) is 10.6 Å². The van der Waals surface area contributed by atoms with Crippen LogP contribution in [0.1, 0.15) is 34.9 Å². The van der Waals surface area contributed by atoms with Gasteiger partial charge in [-0.25, -0.2) is 0 Å². The summed E-state index contributed by atoms with van der Waals surface area (Å²) in [4.78, 5) is 0. The minimum absolute atomic E-state index is 0.0223. The van der Waals surface area contributed by atoms with Crippen molar-refractivity contribution in [2.24, 2.45) is 0 Å². The summed E-state index contributed by atoms with van der Waals surface area (Å²) in [6.07, 6.45) is 0.0223. The van der Waals surface area contributed by atoms with Gasteiger partial charge in [-0.1, -0.05) is 90.5 Å². The Bertz CT molecular complexity index is 757. The van der Waals surface area contributed by atoms with Crippen LogP contribution in [0.15, 0.2) is 84.9 Å². The van der Waals surface area contributed by atoms with Crippen LogP contribution in [0.4, 0.5) is 0 Å². The fraction of sp³-hybridized carbons (Fsp3) is 0.143. The molecular weight excluding hydrogens is 316 g/mol. The summed E-state index contributed by atoms with van der Waals surface area (Å²) in [6, 6.07) is 29.5. The lowest BCUT2D eigenvalue weighted by Crippen LogP contribution is -2.22. The zero-order chi connectivity index (χ0) is 16.4. The van der Waals surface area contributed by atoms with Crippen molar-refractivity contribution in [2.45, 2.75) is 18.2 Å². The molecule has 0 amide bonds. The standard InChI is InChI=1S/C21H19ClN2/c22-18-14-8-7-13-17(18)21-23-19(15-9-3-1-4-10-15)20(24-21)16-11-5-2-6-12-16/h1-14,19-21,23-24H. The van der Waals surface area contributed by atoms with Crippen molar-refractivity contribution >= 4 is 11.6 Å². The van der Waals surface area contributed by atoms with Crippen LogP contribution in [0, 0.1) is 0 Å². The van der Waals surface area contributed by atoms with Gasteiger partial charge >= 0.3 is 0 Å². The molecule has 1 heterocycles. The van der Waals surface area contributed by atoms with Gasteiger partial charge in [-0.15, -0.1) is 0 Å². The van der Waals surface area contributed by atoms with Crippen molar-refractivity contribution in [3.05, 3.63) is 107 Å². The van der Waals surface area contributed by atoms with Crippen molar-refractivity contribution in [2.75, 3.05) is 0 Å². The molecule has 0 aliphatic carbocycles. The summed E-state index contributed by atoms with van der Waals surface area (Å²) < 4.78 is 0. The van der Waals surface area contributed by atoms with E-state index in [1.165, 1.54) is 11.1 Å². The molecule has 0 saturated carbocycles. The Kier molecular flexibility index (Phi) is 4.35. The SMILES string of the molecule is Clc1ccccc1C1NC(c2ccccc2)C(c2ccccc2)N1. The number of hydrogen-bond donors (Lipinski definition) is 2. The molecule has 1 fully saturated rings. The van der Waals surface area contributed by atoms with Crippen LogP contribution in [-0.2, 0) is 0 Å². The highest BCUT2D eigenvalue weighted by atomic mass is 35.5.